The maximum absolute atomic E-state index is 5.92. The van der Waals surface area contributed by atoms with Crippen LogP contribution in [0.2, 0.25) is 20.5 Å². The molecule has 10 heteroatoms. The van der Waals surface area contributed by atoms with Gasteiger partial charge in [0.1, 0.15) is 16.7 Å². The number of nitrogens with zero attached hydrogens (tertiary/aromatic N) is 4. The summed E-state index contributed by atoms with van der Waals surface area (Å²) in [5.41, 5.74) is 7.68. The second kappa shape index (κ2) is 16.2. The van der Waals surface area contributed by atoms with Gasteiger partial charge in [-0.25, -0.2) is 15.0 Å². The number of rotatable bonds is 4. The third-order valence-electron chi connectivity index (χ3n) is 3.92. The number of hydrogen-bond donors (Lipinski definition) is 2. The van der Waals surface area contributed by atoms with Crippen molar-refractivity contribution in [1.29, 1.82) is 0 Å². The zero-order valence-electron chi connectivity index (χ0n) is 17.7. The van der Waals surface area contributed by atoms with E-state index in [-0.39, 0.29) is 12.7 Å². The average molecular weight is 540 g/mol. The van der Waals surface area contributed by atoms with Crippen molar-refractivity contribution in [2.45, 2.75) is 27.4 Å². The van der Waals surface area contributed by atoms with Crippen LogP contribution in [0.4, 0.5) is 5.82 Å². The van der Waals surface area contributed by atoms with Crippen molar-refractivity contribution >= 4 is 52.2 Å². The fraction of sp³-hybridized carbons (Fsp3) is 0.167. The molecule has 34 heavy (non-hydrogen) atoms. The number of nitrogens with two attached hydrogens (primary N) is 1. The molecule has 0 radical (unpaired) electrons. The first-order valence-electron chi connectivity index (χ1n) is 9.73. The Hall–Kier alpha value is -2.48. The summed E-state index contributed by atoms with van der Waals surface area (Å²) < 4.78 is 0. The minimum absolute atomic E-state index is 0. The number of hydrogen-bond acceptors (Lipinski definition) is 6. The largest absolute Gasteiger partial charge is 0.365 e. The molecule has 0 spiro atoms. The van der Waals surface area contributed by atoms with Crippen LogP contribution in [0.15, 0.2) is 73.1 Å². The van der Waals surface area contributed by atoms with Gasteiger partial charge in [-0.3, -0.25) is 0 Å². The molecule has 0 bridgehead atoms. The van der Waals surface area contributed by atoms with E-state index in [1.54, 1.807) is 6.92 Å². The quantitative estimate of drug-likeness (QED) is 0.209. The summed E-state index contributed by atoms with van der Waals surface area (Å²) in [6.07, 6.45) is 2.95. The molecule has 4 aromatic rings. The van der Waals surface area contributed by atoms with Crippen molar-refractivity contribution in [2.24, 2.45) is 5.73 Å². The predicted octanol–water partition coefficient (Wildman–Crippen LogP) is 7.27. The SMILES string of the molecule is C.Cc1ncc(Cl)c(Cl)n1.Clc1ncc(Cl)c(NCc2ccccc2)n1.NCc1ccccc1. The maximum Gasteiger partial charge on any atom is 0.224 e. The summed E-state index contributed by atoms with van der Waals surface area (Å²) in [4.78, 5) is 15.4. The van der Waals surface area contributed by atoms with Crippen LogP contribution >= 0.6 is 46.4 Å². The van der Waals surface area contributed by atoms with Crippen LogP contribution in [0.1, 0.15) is 24.4 Å². The van der Waals surface area contributed by atoms with Crippen LogP contribution < -0.4 is 11.1 Å². The molecule has 0 aliphatic heterocycles. The Labute approximate surface area is 220 Å². The molecule has 0 fully saturated rings. The van der Waals surface area contributed by atoms with Crippen molar-refractivity contribution in [3.05, 3.63) is 110 Å². The second-order valence-electron chi connectivity index (χ2n) is 6.42. The standard InChI is InChI=1S/C11H9Cl2N3.C7H9N.C5H4Cl2N2.CH4/c12-9-7-15-11(13)16-10(9)14-6-8-4-2-1-3-5-8;8-6-7-4-2-1-3-5-7;1-3-8-2-4(6)5(7)9-3;/h1-5,7H,6H2,(H,14,15,16);1-5H,6,8H2;2H,1H3;1H4. The highest BCUT2D eigenvalue weighted by Crippen LogP contribution is 2.20. The summed E-state index contributed by atoms with van der Waals surface area (Å²) in [6, 6.07) is 20.0. The van der Waals surface area contributed by atoms with Crippen molar-refractivity contribution in [3.8, 4) is 0 Å². The zero-order chi connectivity index (χ0) is 24.1. The van der Waals surface area contributed by atoms with E-state index in [4.69, 9.17) is 52.1 Å². The van der Waals surface area contributed by atoms with Crippen molar-refractivity contribution in [2.75, 3.05) is 5.32 Å². The molecular weight excluding hydrogens is 514 g/mol. The minimum Gasteiger partial charge on any atom is -0.365 e. The van der Waals surface area contributed by atoms with Crippen LogP contribution in [0, 0.1) is 6.92 Å². The Kier molecular flexibility index (Phi) is 14.1. The summed E-state index contributed by atoms with van der Waals surface area (Å²) in [7, 11) is 0. The van der Waals surface area contributed by atoms with E-state index in [0.717, 1.165) is 5.56 Å². The summed E-state index contributed by atoms with van der Waals surface area (Å²) in [6.45, 7) is 3.04. The van der Waals surface area contributed by atoms with Gasteiger partial charge in [0.25, 0.3) is 0 Å². The summed E-state index contributed by atoms with van der Waals surface area (Å²) >= 11 is 22.6. The number of halogens is 4. The van der Waals surface area contributed by atoms with E-state index in [9.17, 15) is 0 Å². The summed E-state index contributed by atoms with van der Waals surface area (Å²) in [5, 5.41) is 4.44. The molecule has 3 N–H and O–H groups in total. The average Bonchev–Trinajstić information content (AvgIpc) is 2.84. The topological polar surface area (TPSA) is 89.6 Å². The predicted molar refractivity (Wildman–Crippen MR) is 144 cm³/mol. The van der Waals surface area contributed by atoms with Crippen molar-refractivity contribution in [1.82, 2.24) is 19.9 Å². The van der Waals surface area contributed by atoms with E-state index in [1.165, 1.54) is 18.0 Å². The van der Waals surface area contributed by atoms with Gasteiger partial charge in [0.15, 0.2) is 5.15 Å². The van der Waals surface area contributed by atoms with Crippen molar-refractivity contribution < 1.29 is 0 Å². The van der Waals surface area contributed by atoms with Gasteiger partial charge in [-0.05, 0) is 29.7 Å². The molecule has 180 valence electrons. The van der Waals surface area contributed by atoms with Gasteiger partial charge in [-0.1, -0.05) is 103 Å². The van der Waals surface area contributed by atoms with E-state index in [0.29, 0.717) is 39.9 Å². The Morgan fingerprint density at radius 2 is 1.32 bits per heavy atom. The number of nitrogens with one attached hydrogen (secondary N) is 1. The van der Waals surface area contributed by atoms with Crippen LogP contribution in [0.5, 0.6) is 0 Å². The monoisotopic (exact) mass is 538 g/mol. The smallest absolute Gasteiger partial charge is 0.224 e. The molecule has 2 aromatic carbocycles. The third-order valence-corrected chi connectivity index (χ3v) is 5.04. The Balaban J connectivity index is 0.000000274. The lowest BCUT2D eigenvalue weighted by atomic mass is 10.2. The van der Waals surface area contributed by atoms with Gasteiger partial charge >= 0.3 is 0 Å². The molecule has 4 rings (SSSR count). The molecule has 0 unspecified atom stereocenters. The molecule has 0 saturated heterocycles. The maximum atomic E-state index is 5.92. The number of benzene rings is 2. The first-order chi connectivity index (χ1) is 15.9. The zero-order valence-corrected chi connectivity index (χ0v) is 20.7. The fourth-order valence-corrected chi connectivity index (χ4v) is 2.85. The lowest BCUT2D eigenvalue weighted by Gasteiger charge is -2.06. The molecular formula is C24H26Cl4N6. The number of anilines is 1. The van der Waals surface area contributed by atoms with E-state index < -0.39 is 0 Å². The van der Waals surface area contributed by atoms with Crippen LogP contribution in [0.25, 0.3) is 0 Å². The highest BCUT2D eigenvalue weighted by Gasteiger charge is 2.03. The van der Waals surface area contributed by atoms with Crippen LogP contribution in [-0.4, -0.2) is 19.9 Å². The van der Waals surface area contributed by atoms with Crippen LogP contribution in [0.3, 0.4) is 0 Å². The molecule has 0 aliphatic carbocycles. The Morgan fingerprint density at radius 1 is 0.765 bits per heavy atom. The van der Waals surface area contributed by atoms with E-state index >= 15 is 0 Å². The first kappa shape index (κ1) is 29.6. The minimum atomic E-state index is 0. The van der Waals surface area contributed by atoms with E-state index in [1.807, 2.05) is 60.7 Å². The van der Waals surface area contributed by atoms with Gasteiger partial charge < -0.3 is 11.1 Å². The normalized spacial score (nSPS) is 9.47. The van der Waals surface area contributed by atoms with Gasteiger partial charge in [0.05, 0.1) is 17.4 Å². The van der Waals surface area contributed by atoms with Gasteiger partial charge in [-0.2, -0.15) is 4.98 Å². The molecule has 2 heterocycles. The molecule has 0 amide bonds. The van der Waals surface area contributed by atoms with Crippen LogP contribution in [-0.2, 0) is 13.1 Å². The van der Waals surface area contributed by atoms with Crippen molar-refractivity contribution in [3.63, 3.8) is 0 Å². The molecule has 0 aliphatic rings. The Bertz CT molecular complexity index is 1110. The first-order valence-corrected chi connectivity index (χ1v) is 11.2. The lowest BCUT2D eigenvalue weighted by Crippen LogP contribution is -2.02. The highest BCUT2D eigenvalue weighted by atomic mass is 35.5. The molecule has 6 nitrogen and oxygen atoms in total. The number of aryl methyl sites for hydroxylation is 1. The third kappa shape index (κ3) is 11.1. The molecule has 0 atom stereocenters. The second-order valence-corrected chi connectivity index (χ2v) is 7.93. The number of aromatic nitrogens is 4. The van der Waals surface area contributed by atoms with E-state index in [2.05, 4.69) is 25.3 Å². The summed E-state index contributed by atoms with van der Waals surface area (Å²) in [5.74, 6) is 1.18. The molecule has 2 aromatic heterocycles. The van der Waals surface area contributed by atoms with Gasteiger partial charge in [0, 0.05) is 13.1 Å². The fourth-order valence-electron chi connectivity index (χ4n) is 2.29. The lowest BCUT2D eigenvalue weighted by molar-refractivity contribution is 1.05. The Morgan fingerprint density at radius 3 is 1.82 bits per heavy atom. The van der Waals surface area contributed by atoms with Gasteiger partial charge in [-0.15, -0.1) is 0 Å². The van der Waals surface area contributed by atoms with Gasteiger partial charge in [0.2, 0.25) is 5.28 Å². The molecule has 0 saturated carbocycles. The highest BCUT2D eigenvalue weighted by molar-refractivity contribution is 6.41.